The Hall–Kier alpha value is -2.70. The van der Waals surface area contributed by atoms with Crippen molar-refractivity contribution in [3.05, 3.63) is 29.8 Å². The number of imide groups is 1. The minimum absolute atomic E-state index is 0.0307. The summed E-state index contributed by atoms with van der Waals surface area (Å²) < 4.78 is 0. The van der Waals surface area contributed by atoms with Gasteiger partial charge < -0.3 is 9.74 Å². The lowest BCUT2D eigenvalue weighted by Gasteiger charge is -2.19. The van der Waals surface area contributed by atoms with E-state index in [0.717, 1.165) is 12.0 Å². The number of carbonyl (C=O) groups excluding carboxylic acids is 4. The molecule has 0 spiro atoms. The van der Waals surface area contributed by atoms with E-state index in [1.54, 1.807) is 31.3 Å². The van der Waals surface area contributed by atoms with Gasteiger partial charge in [0, 0.05) is 37.7 Å². The number of aldehydes is 1. The topological polar surface area (TPSA) is 84.0 Å². The first kappa shape index (κ1) is 15.7. The van der Waals surface area contributed by atoms with Crippen LogP contribution in [0.4, 0.5) is 5.69 Å². The standard InChI is InChI=1S/C15H16N2O5/c1-16(12-4-2-11(10-18)3-5-12)9-8-15(21)22-17-13(19)6-7-14(17)20/h2-5,10H,6-9H2,1H3. The quantitative estimate of drug-likeness (QED) is 0.574. The van der Waals surface area contributed by atoms with Gasteiger partial charge in [-0.3, -0.25) is 14.4 Å². The van der Waals surface area contributed by atoms with Crippen LogP contribution in [0.1, 0.15) is 29.6 Å². The van der Waals surface area contributed by atoms with Crippen LogP contribution in [0.15, 0.2) is 24.3 Å². The van der Waals surface area contributed by atoms with Crippen LogP contribution >= 0.6 is 0 Å². The Morgan fingerprint density at radius 2 is 1.82 bits per heavy atom. The van der Waals surface area contributed by atoms with Crippen LogP contribution in [0.5, 0.6) is 0 Å². The molecule has 1 heterocycles. The van der Waals surface area contributed by atoms with E-state index in [-0.39, 0.29) is 19.3 Å². The van der Waals surface area contributed by atoms with Gasteiger partial charge in [-0.15, -0.1) is 5.06 Å². The van der Waals surface area contributed by atoms with E-state index in [1.807, 2.05) is 4.90 Å². The lowest BCUT2D eigenvalue weighted by Crippen LogP contribution is -2.33. The fourth-order valence-electron chi connectivity index (χ4n) is 2.00. The van der Waals surface area contributed by atoms with Gasteiger partial charge in [-0.25, -0.2) is 4.79 Å². The number of nitrogens with zero attached hydrogens (tertiary/aromatic N) is 2. The summed E-state index contributed by atoms with van der Waals surface area (Å²) in [6.45, 7) is 0.357. The number of hydrogen-bond acceptors (Lipinski definition) is 6. The van der Waals surface area contributed by atoms with Crippen LogP contribution in [0.3, 0.4) is 0 Å². The van der Waals surface area contributed by atoms with Crippen LogP contribution in [0.25, 0.3) is 0 Å². The Labute approximate surface area is 127 Å². The molecule has 0 aromatic heterocycles. The molecule has 0 N–H and O–H groups in total. The first-order chi connectivity index (χ1) is 10.5. The molecular weight excluding hydrogens is 288 g/mol. The molecule has 1 fully saturated rings. The monoisotopic (exact) mass is 304 g/mol. The molecule has 1 aliphatic heterocycles. The van der Waals surface area contributed by atoms with Crippen molar-refractivity contribution < 1.29 is 24.0 Å². The van der Waals surface area contributed by atoms with E-state index in [2.05, 4.69) is 0 Å². The second-order valence-electron chi connectivity index (χ2n) is 4.93. The molecule has 0 bridgehead atoms. The van der Waals surface area contributed by atoms with Gasteiger partial charge in [-0.05, 0) is 24.3 Å². The molecule has 116 valence electrons. The van der Waals surface area contributed by atoms with Gasteiger partial charge in [0.15, 0.2) is 0 Å². The van der Waals surface area contributed by atoms with Crippen LogP contribution < -0.4 is 4.90 Å². The Morgan fingerprint density at radius 1 is 1.23 bits per heavy atom. The Kier molecular flexibility index (Phi) is 4.88. The predicted molar refractivity (Wildman–Crippen MR) is 76.9 cm³/mol. The SMILES string of the molecule is CN(CCC(=O)ON1C(=O)CCC1=O)c1ccc(C=O)cc1. The Morgan fingerprint density at radius 3 is 2.36 bits per heavy atom. The molecule has 1 saturated heterocycles. The summed E-state index contributed by atoms with van der Waals surface area (Å²) in [6.07, 6.45) is 0.943. The molecule has 1 aromatic carbocycles. The average molecular weight is 304 g/mol. The summed E-state index contributed by atoms with van der Waals surface area (Å²) in [7, 11) is 1.79. The number of carbonyl (C=O) groups is 4. The van der Waals surface area contributed by atoms with E-state index in [0.29, 0.717) is 17.2 Å². The van der Waals surface area contributed by atoms with Crippen molar-refractivity contribution in [1.29, 1.82) is 0 Å². The Bertz CT molecular complexity index is 580. The zero-order chi connectivity index (χ0) is 16.1. The van der Waals surface area contributed by atoms with Crippen LogP contribution in [-0.2, 0) is 19.2 Å². The van der Waals surface area contributed by atoms with Crippen molar-refractivity contribution in [3.8, 4) is 0 Å². The third-order valence-corrected chi connectivity index (χ3v) is 3.32. The molecule has 0 radical (unpaired) electrons. The molecular formula is C15H16N2O5. The van der Waals surface area contributed by atoms with E-state index in [9.17, 15) is 19.2 Å². The maximum atomic E-state index is 11.7. The van der Waals surface area contributed by atoms with Gasteiger partial charge >= 0.3 is 5.97 Å². The molecule has 0 aliphatic carbocycles. The molecule has 7 nitrogen and oxygen atoms in total. The van der Waals surface area contributed by atoms with E-state index in [1.165, 1.54) is 0 Å². The summed E-state index contributed by atoms with van der Waals surface area (Å²) in [6, 6.07) is 6.89. The van der Waals surface area contributed by atoms with Crippen LogP contribution in [-0.4, -0.2) is 42.7 Å². The molecule has 2 amide bonds. The summed E-state index contributed by atoms with van der Waals surface area (Å²) in [5.74, 6) is -1.62. The van der Waals surface area contributed by atoms with Crippen molar-refractivity contribution in [1.82, 2.24) is 5.06 Å². The third-order valence-electron chi connectivity index (χ3n) is 3.32. The summed E-state index contributed by atoms with van der Waals surface area (Å²) in [5, 5.41) is 0.543. The number of hydroxylamine groups is 2. The number of hydrogen-bond donors (Lipinski definition) is 0. The molecule has 2 rings (SSSR count). The lowest BCUT2D eigenvalue weighted by atomic mass is 10.2. The molecule has 22 heavy (non-hydrogen) atoms. The highest BCUT2D eigenvalue weighted by atomic mass is 16.7. The number of anilines is 1. The van der Waals surface area contributed by atoms with Gasteiger partial charge in [0.1, 0.15) is 6.29 Å². The van der Waals surface area contributed by atoms with E-state index >= 15 is 0 Å². The summed E-state index contributed by atoms with van der Waals surface area (Å²) >= 11 is 0. The van der Waals surface area contributed by atoms with Gasteiger partial charge in [0.25, 0.3) is 11.8 Å². The molecule has 0 atom stereocenters. The van der Waals surface area contributed by atoms with Crippen molar-refractivity contribution >= 4 is 29.8 Å². The highest BCUT2D eigenvalue weighted by molar-refractivity contribution is 6.01. The molecule has 1 aromatic rings. The zero-order valence-electron chi connectivity index (χ0n) is 12.2. The smallest absolute Gasteiger partial charge is 0.334 e. The van der Waals surface area contributed by atoms with Crippen molar-refractivity contribution in [2.24, 2.45) is 0 Å². The minimum Gasteiger partial charge on any atom is -0.374 e. The lowest BCUT2D eigenvalue weighted by molar-refractivity contribution is -0.197. The normalized spacial score (nSPS) is 14.1. The maximum Gasteiger partial charge on any atom is 0.334 e. The van der Waals surface area contributed by atoms with Gasteiger partial charge in [0.05, 0.1) is 6.42 Å². The average Bonchev–Trinajstić information content (AvgIpc) is 2.84. The summed E-state index contributed by atoms with van der Waals surface area (Å²) in [4.78, 5) is 51.5. The maximum absolute atomic E-state index is 11.7. The molecule has 0 saturated carbocycles. The predicted octanol–water partition coefficient (Wildman–Crippen LogP) is 0.933. The number of benzene rings is 1. The summed E-state index contributed by atoms with van der Waals surface area (Å²) in [5.41, 5.74) is 1.41. The first-order valence-electron chi connectivity index (χ1n) is 6.84. The zero-order valence-corrected chi connectivity index (χ0v) is 12.2. The second-order valence-corrected chi connectivity index (χ2v) is 4.93. The number of rotatable bonds is 6. The van der Waals surface area contributed by atoms with Crippen molar-refractivity contribution in [3.63, 3.8) is 0 Å². The van der Waals surface area contributed by atoms with Gasteiger partial charge in [-0.1, -0.05) is 0 Å². The van der Waals surface area contributed by atoms with Crippen molar-refractivity contribution in [2.75, 3.05) is 18.5 Å². The fourth-order valence-corrected chi connectivity index (χ4v) is 2.00. The first-order valence-corrected chi connectivity index (χ1v) is 6.84. The van der Waals surface area contributed by atoms with Crippen molar-refractivity contribution in [2.45, 2.75) is 19.3 Å². The minimum atomic E-state index is -0.639. The van der Waals surface area contributed by atoms with Crippen LogP contribution in [0, 0.1) is 0 Å². The van der Waals surface area contributed by atoms with Gasteiger partial charge in [-0.2, -0.15) is 0 Å². The fraction of sp³-hybridized carbons (Fsp3) is 0.333. The number of amides is 2. The van der Waals surface area contributed by atoms with Crippen LogP contribution in [0.2, 0.25) is 0 Å². The largest absolute Gasteiger partial charge is 0.374 e. The highest BCUT2D eigenvalue weighted by Gasteiger charge is 2.32. The van der Waals surface area contributed by atoms with E-state index in [4.69, 9.17) is 4.84 Å². The molecule has 7 heteroatoms. The van der Waals surface area contributed by atoms with Gasteiger partial charge in [0.2, 0.25) is 0 Å². The van der Waals surface area contributed by atoms with E-state index < -0.39 is 17.8 Å². The highest BCUT2D eigenvalue weighted by Crippen LogP contribution is 2.15. The third kappa shape index (κ3) is 3.69. The molecule has 0 unspecified atom stereocenters. The molecule has 1 aliphatic rings. The Balaban J connectivity index is 1.83. The second kappa shape index (κ2) is 6.84.